The largest absolute Gasteiger partial charge is 0.476 e. The van der Waals surface area contributed by atoms with Gasteiger partial charge in [-0.1, -0.05) is 0 Å². The van der Waals surface area contributed by atoms with E-state index in [1.165, 1.54) is 12.4 Å². The van der Waals surface area contributed by atoms with Crippen molar-refractivity contribution in [3.63, 3.8) is 0 Å². The molecule has 0 unspecified atom stereocenters. The van der Waals surface area contributed by atoms with Crippen LogP contribution in [-0.2, 0) is 0 Å². The molecular formula is C11H18N4O2. The van der Waals surface area contributed by atoms with Gasteiger partial charge in [0.15, 0.2) is 11.5 Å². The van der Waals surface area contributed by atoms with Crippen LogP contribution in [0.4, 0.5) is 5.82 Å². The maximum Gasteiger partial charge on any atom is 0.358 e. The Morgan fingerprint density at radius 1 is 1.24 bits per heavy atom. The Morgan fingerprint density at radius 2 is 1.88 bits per heavy atom. The van der Waals surface area contributed by atoms with E-state index in [0.717, 1.165) is 19.5 Å². The van der Waals surface area contributed by atoms with E-state index in [-0.39, 0.29) is 5.69 Å². The Kier molecular flexibility index (Phi) is 4.84. The molecule has 1 aromatic heterocycles. The number of hydrogen-bond acceptors (Lipinski definition) is 5. The van der Waals surface area contributed by atoms with Crippen LogP contribution >= 0.6 is 0 Å². The Bertz CT molecular complexity index is 381. The number of aromatic nitrogens is 2. The van der Waals surface area contributed by atoms with Gasteiger partial charge >= 0.3 is 5.97 Å². The molecular weight excluding hydrogens is 220 g/mol. The second-order valence-electron chi connectivity index (χ2n) is 4.11. The molecule has 1 N–H and O–H groups in total. The first-order valence-corrected chi connectivity index (χ1v) is 5.42. The average molecular weight is 238 g/mol. The lowest BCUT2D eigenvalue weighted by Crippen LogP contribution is -2.26. The highest BCUT2D eigenvalue weighted by molar-refractivity contribution is 5.90. The van der Waals surface area contributed by atoms with Gasteiger partial charge in [-0.3, -0.25) is 0 Å². The fourth-order valence-electron chi connectivity index (χ4n) is 1.49. The molecule has 94 valence electrons. The van der Waals surface area contributed by atoms with Crippen LogP contribution in [0.25, 0.3) is 0 Å². The topological polar surface area (TPSA) is 69.6 Å². The Balaban J connectivity index is 2.68. The van der Waals surface area contributed by atoms with Crippen LogP contribution in [0, 0.1) is 0 Å². The highest BCUT2D eigenvalue weighted by atomic mass is 16.4. The van der Waals surface area contributed by atoms with Gasteiger partial charge in [0.2, 0.25) is 0 Å². The van der Waals surface area contributed by atoms with Crippen molar-refractivity contribution in [2.45, 2.75) is 6.42 Å². The number of carboxylic acid groups (broad SMARTS) is 1. The molecule has 0 bridgehead atoms. The third-order valence-electron chi connectivity index (χ3n) is 2.34. The molecule has 0 saturated heterocycles. The lowest BCUT2D eigenvalue weighted by molar-refractivity contribution is 0.0691. The number of carbonyl (C=O) groups is 1. The van der Waals surface area contributed by atoms with E-state index < -0.39 is 5.97 Å². The molecule has 0 radical (unpaired) electrons. The second kappa shape index (κ2) is 6.15. The summed E-state index contributed by atoms with van der Waals surface area (Å²) in [5, 5.41) is 8.99. The highest BCUT2D eigenvalue weighted by Crippen LogP contribution is 2.13. The number of nitrogens with zero attached hydrogens (tertiary/aromatic N) is 4. The highest BCUT2D eigenvalue weighted by Gasteiger charge is 2.15. The predicted molar refractivity (Wildman–Crippen MR) is 65.4 cm³/mol. The van der Waals surface area contributed by atoms with Gasteiger partial charge in [-0.05, 0) is 27.1 Å². The molecule has 0 aliphatic rings. The summed E-state index contributed by atoms with van der Waals surface area (Å²) in [6, 6.07) is 0. The number of carboxylic acids is 1. The molecule has 0 saturated carbocycles. The first-order valence-electron chi connectivity index (χ1n) is 5.42. The zero-order valence-corrected chi connectivity index (χ0v) is 10.4. The summed E-state index contributed by atoms with van der Waals surface area (Å²) < 4.78 is 0. The molecule has 1 heterocycles. The van der Waals surface area contributed by atoms with Gasteiger partial charge in [0, 0.05) is 26.0 Å². The van der Waals surface area contributed by atoms with Gasteiger partial charge in [-0.25, -0.2) is 14.8 Å². The van der Waals surface area contributed by atoms with E-state index in [9.17, 15) is 4.79 Å². The zero-order chi connectivity index (χ0) is 12.8. The summed E-state index contributed by atoms with van der Waals surface area (Å²) in [6.07, 6.45) is 3.84. The molecule has 0 aromatic carbocycles. The molecule has 1 rings (SSSR count). The van der Waals surface area contributed by atoms with Gasteiger partial charge in [-0.15, -0.1) is 0 Å². The molecule has 0 fully saturated rings. The monoisotopic (exact) mass is 238 g/mol. The Hall–Kier alpha value is -1.69. The van der Waals surface area contributed by atoms with Crippen LogP contribution in [0.3, 0.4) is 0 Å². The van der Waals surface area contributed by atoms with Crippen molar-refractivity contribution in [3.8, 4) is 0 Å². The molecule has 6 nitrogen and oxygen atoms in total. The van der Waals surface area contributed by atoms with Crippen LogP contribution in [0.15, 0.2) is 12.4 Å². The van der Waals surface area contributed by atoms with Gasteiger partial charge in [0.05, 0.1) is 0 Å². The fourth-order valence-corrected chi connectivity index (χ4v) is 1.49. The molecule has 0 atom stereocenters. The summed E-state index contributed by atoms with van der Waals surface area (Å²) in [5.41, 5.74) is -0.000136. The molecule has 0 amide bonds. The molecule has 6 heteroatoms. The average Bonchev–Trinajstić information content (AvgIpc) is 2.28. The van der Waals surface area contributed by atoms with E-state index in [1.54, 1.807) is 0 Å². The summed E-state index contributed by atoms with van der Waals surface area (Å²) in [7, 11) is 5.84. The van der Waals surface area contributed by atoms with Crippen molar-refractivity contribution >= 4 is 11.8 Å². The van der Waals surface area contributed by atoms with Crippen LogP contribution in [0.2, 0.25) is 0 Å². The fraction of sp³-hybridized carbons (Fsp3) is 0.545. The van der Waals surface area contributed by atoms with Crippen molar-refractivity contribution < 1.29 is 9.90 Å². The number of anilines is 1. The number of rotatable bonds is 6. The number of aromatic carboxylic acids is 1. The van der Waals surface area contributed by atoms with Crippen molar-refractivity contribution in [2.75, 3.05) is 39.1 Å². The van der Waals surface area contributed by atoms with E-state index >= 15 is 0 Å². The molecule has 0 spiro atoms. The van der Waals surface area contributed by atoms with E-state index in [4.69, 9.17) is 5.11 Å². The van der Waals surface area contributed by atoms with Crippen molar-refractivity contribution in [3.05, 3.63) is 18.1 Å². The quantitative estimate of drug-likeness (QED) is 0.781. The van der Waals surface area contributed by atoms with Crippen molar-refractivity contribution in [1.82, 2.24) is 14.9 Å². The van der Waals surface area contributed by atoms with E-state index in [0.29, 0.717) is 5.82 Å². The summed E-state index contributed by atoms with van der Waals surface area (Å²) in [5.74, 6) is -0.633. The Labute approximate surface area is 101 Å². The third-order valence-corrected chi connectivity index (χ3v) is 2.34. The van der Waals surface area contributed by atoms with Crippen LogP contribution in [-0.4, -0.2) is 60.2 Å². The molecule has 1 aromatic rings. The SMILES string of the molecule is CN(C)CCCN(C)c1nccnc1C(=O)O. The van der Waals surface area contributed by atoms with Crippen LogP contribution in [0.5, 0.6) is 0 Å². The minimum atomic E-state index is -1.05. The minimum absolute atomic E-state index is 0.000136. The smallest absolute Gasteiger partial charge is 0.358 e. The molecule has 0 aliphatic heterocycles. The van der Waals surface area contributed by atoms with Gasteiger partial charge in [-0.2, -0.15) is 0 Å². The first-order chi connectivity index (χ1) is 8.02. The maximum absolute atomic E-state index is 11.0. The van der Waals surface area contributed by atoms with Gasteiger partial charge < -0.3 is 14.9 Å². The zero-order valence-electron chi connectivity index (χ0n) is 10.4. The normalized spacial score (nSPS) is 10.6. The standard InChI is InChI=1S/C11H18N4O2/c1-14(2)7-4-8-15(3)10-9(11(16)17)12-5-6-13-10/h5-6H,4,7-8H2,1-3H3,(H,16,17). The van der Waals surface area contributed by atoms with Crippen LogP contribution < -0.4 is 4.90 Å². The van der Waals surface area contributed by atoms with E-state index in [2.05, 4.69) is 14.9 Å². The second-order valence-corrected chi connectivity index (χ2v) is 4.11. The summed E-state index contributed by atoms with van der Waals surface area (Å²) in [4.78, 5) is 22.8. The van der Waals surface area contributed by atoms with Crippen molar-refractivity contribution in [1.29, 1.82) is 0 Å². The van der Waals surface area contributed by atoms with Gasteiger partial charge in [0.25, 0.3) is 0 Å². The predicted octanol–water partition coefficient (Wildman–Crippen LogP) is 0.563. The van der Waals surface area contributed by atoms with Crippen molar-refractivity contribution in [2.24, 2.45) is 0 Å². The summed E-state index contributed by atoms with van der Waals surface area (Å²) in [6.45, 7) is 1.70. The minimum Gasteiger partial charge on any atom is -0.476 e. The van der Waals surface area contributed by atoms with Gasteiger partial charge in [0.1, 0.15) is 0 Å². The summed E-state index contributed by atoms with van der Waals surface area (Å²) >= 11 is 0. The molecule has 17 heavy (non-hydrogen) atoms. The lowest BCUT2D eigenvalue weighted by Gasteiger charge is -2.20. The third kappa shape index (κ3) is 3.99. The maximum atomic E-state index is 11.0. The lowest BCUT2D eigenvalue weighted by atomic mass is 10.3. The van der Waals surface area contributed by atoms with Crippen LogP contribution in [0.1, 0.15) is 16.9 Å². The Morgan fingerprint density at radius 3 is 2.47 bits per heavy atom. The molecule has 0 aliphatic carbocycles. The van der Waals surface area contributed by atoms with E-state index in [1.807, 2.05) is 26.0 Å². The first kappa shape index (κ1) is 13.4. The number of hydrogen-bond donors (Lipinski definition) is 1.